The minimum Gasteiger partial charge on any atom is -0.379 e. The zero-order chi connectivity index (χ0) is 18.6. The van der Waals surface area contributed by atoms with Gasteiger partial charge in [0.15, 0.2) is 0 Å². The van der Waals surface area contributed by atoms with Crippen molar-refractivity contribution in [3.8, 4) is 0 Å². The van der Waals surface area contributed by atoms with Crippen LogP contribution in [0.1, 0.15) is 19.3 Å². The van der Waals surface area contributed by atoms with Crippen LogP contribution in [-0.2, 0) is 24.3 Å². The topological polar surface area (TPSA) is 96.0 Å². The summed E-state index contributed by atoms with van der Waals surface area (Å²) in [4.78, 5) is 27.3. The fourth-order valence-electron chi connectivity index (χ4n) is 3.06. The molecule has 0 aromatic heterocycles. The molecule has 2 amide bonds. The highest BCUT2D eigenvalue weighted by molar-refractivity contribution is 7.89. The van der Waals surface area contributed by atoms with E-state index in [4.69, 9.17) is 4.74 Å². The summed E-state index contributed by atoms with van der Waals surface area (Å²) in [6.45, 7) is 3.87. The van der Waals surface area contributed by atoms with Crippen molar-refractivity contribution in [2.75, 3.05) is 44.3 Å². The number of imide groups is 1. The summed E-state index contributed by atoms with van der Waals surface area (Å²) in [7, 11) is -3.63. The molecule has 1 aromatic carbocycles. The molecule has 0 saturated carbocycles. The maximum absolute atomic E-state index is 12.4. The first kappa shape index (κ1) is 19.0. The van der Waals surface area contributed by atoms with Crippen LogP contribution in [-0.4, -0.2) is 64.5 Å². The van der Waals surface area contributed by atoms with Gasteiger partial charge in [0.25, 0.3) is 0 Å². The van der Waals surface area contributed by atoms with E-state index in [0.717, 1.165) is 18.0 Å². The van der Waals surface area contributed by atoms with Crippen LogP contribution in [0.2, 0.25) is 0 Å². The van der Waals surface area contributed by atoms with Crippen LogP contribution in [0.3, 0.4) is 0 Å². The molecule has 9 heteroatoms. The third-order valence-electron chi connectivity index (χ3n) is 4.51. The number of hydrogen-bond acceptors (Lipinski definition) is 6. The lowest BCUT2D eigenvalue weighted by Gasteiger charge is -2.26. The van der Waals surface area contributed by atoms with Crippen LogP contribution in [0.5, 0.6) is 0 Å². The standard InChI is InChI=1S/C17H23N3O5S/c21-16-2-1-3-17(22)20(16)14-4-6-15(7-5-14)26(23,24)18-8-9-19-10-12-25-13-11-19/h4-7,18H,1-3,8-13H2. The number of amides is 2. The predicted octanol–water partition coefficient (Wildman–Crippen LogP) is 0.341. The average molecular weight is 381 g/mol. The molecule has 0 aliphatic carbocycles. The zero-order valence-electron chi connectivity index (χ0n) is 14.5. The molecule has 0 unspecified atom stereocenters. The van der Waals surface area contributed by atoms with Gasteiger partial charge in [0.2, 0.25) is 21.8 Å². The molecule has 0 radical (unpaired) electrons. The molecule has 142 valence electrons. The lowest BCUT2D eigenvalue weighted by atomic mass is 10.1. The fourth-order valence-corrected chi connectivity index (χ4v) is 4.08. The number of piperidine rings is 1. The molecule has 0 spiro atoms. The molecule has 2 aliphatic heterocycles. The first-order valence-electron chi connectivity index (χ1n) is 8.73. The van der Waals surface area contributed by atoms with Gasteiger partial charge in [-0.05, 0) is 30.7 Å². The third-order valence-corrected chi connectivity index (χ3v) is 5.99. The number of hydrogen-bond donors (Lipinski definition) is 1. The fraction of sp³-hybridized carbons (Fsp3) is 0.529. The van der Waals surface area contributed by atoms with Gasteiger partial charge in [0.05, 0.1) is 23.8 Å². The summed E-state index contributed by atoms with van der Waals surface area (Å²) in [5.74, 6) is -0.499. The highest BCUT2D eigenvalue weighted by Gasteiger charge is 2.27. The van der Waals surface area contributed by atoms with Crippen LogP contribution >= 0.6 is 0 Å². The van der Waals surface area contributed by atoms with Crippen molar-refractivity contribution >= 4 is 27.5 Å². The number of carbonyl (C=O) groups is 2. The van der Waals surface area contributed by atoms with Gasteiger partial charge >= 0.3 is 0 Å². The van der Waals surface area contributed by atoms with Crippen molar-refractivity contribution in [3.63, 3.8) is 0 Å². The second-order valence-electron chi connectivity index (χ2n) is 6.32. The van der Waals surface area contributed by atoms with E-state index in [1.807, 2.05) is 0 Å². The second kappa shape index (κ2) is 8.26. The maximum Gasteiger partial charge on any atom is 0.240 e. The SMILES string of the molecule is O=C1CCCC(=O)N1c1ccc(S(=O)(=O)NCCN2CCOCC2)cc1. The predicted molar refractivity (Wildman–Crippen MR) is 95.2 cm³/mol. The lowest BCUT2D eigenvalue weighted by molar-refractivity contribution is -0.129. The number of rotatable bonds is 6. The first-order chi connectivity index (χ1) is 12.5. The largest absolute Gasteiger partial charge is 0.379 e. The smallest absolute Gasteiger partial charge is 0.240 e. The van der Waals surface area contributed by atoms with E-state index in [9.17, 15) is 18.0 Å². The molecule has 2 saturated heterocycles. The minimum absolute atomic E-state index is 0.111. The Hall–Kier alpha value is -1.81. The Balaban J connectivity index is 1.61. The number of nitrogens with one attached hydrogen (secondary N) is 1. The van der Waals surface area contributed by atoms with Crippen LogP contribution in [0.15, 0.2) is 29.2 Å². The van der Waals surface area contributed by atoms with E-state index < -0.39 is 10.0 Å². The minimum atomic E-state index is -3.63. The molecular formula is C17H23N3O5S. The number of nitrogens with zero attached hydrogens (tertiary/aromatic N) is 2. The number of morpholine rings is 1. The Kier molecular flexibility index (Phi) is 6.02. The number of anilines is 1. The summed E-state index contributed by atoms with van der Waals surface area (Å²) in [6.07, 6.45) is 1.22. The Morgan fingerprint density at radius 2 is 1.62 bits per heavy atom. The maximum atomic E-state index is 12.4. The number of carbonyl (C=O) groups excluding carboxylic acids is 2. The van der Waals surface area contributed by atoms with Crippen LogP contribution < -0.4 is 9.62 Å². The van der Waals surface area contributed by atoms with Gasteiger partial charge in [-0.25, -0.2) is 13.1 Å². The average Bonchev–Trinajstić information content (AvgIpc) is 2.63. The number of benzene rings is 1. The van der Waals surface area contributed by atoms with Gasteiger partial charge in [-0.15, -0.1) is 0 Å². The quantitative estimate of drug-likeness (QED) is 0.714. The van der Waals surface area contributed by atoms with Crippen LogP contribution in [0.25, 0.3) is 0 Å². The van der Waals surface area contributed by atoms with Crippen molar-refractivity contribution in [3.05, 3.63) is 24.3 Å². The van der Waals surface area contributed by atoms with E-state index in [1.54, 1.807) is 0 Å². The van der Waals surface area contributed by atoms with Gasteiger partial charge in [-0.1, -0.05) is 0 Å². The van der Waals surface area contributed by atoms with E-state index in [0.29, 0.717) is 51.3 Å². The molecule has 2 fully saturated rings. The van der Waals surface area contributed by atoms with Crippen molar-refractivity contribution in [1.29, 1.82) is 0 Å². The van der Waals surface area contributed by atoms with Crippen molar-refractivity contribution in [1.82, 2.24) is 9.62 Å². The Labute approximate surface area is 153 Å². The van der Waals surface area contributed by atoms with Gasteiger partial charge in [0.1, 0.15) is 0 Å². The Bertz CT molecular complexity index is 741. The van der Waals surface area contributed by atoms with E-state index in [2.05, 4.69) is 9.62 Å². The normalized spacial score (nSPS) is 19.8. The summed E-state index contributed by atoms with van der Waals surface area (Å²) in [6, 6.07) is 5.83. The summed E-state index contributed by atoms with van der Waals surface area (Å²) >= 11 is 0. The highest BCUT2D eigenvalue weighted by Crippen LogP contribution is 2.23. The van der Waals surface area contributed by atoms with E-state index >= 15 is 0 Å². The molecule has 2 aliphatic rings. The van der Waals surface area contributed by atoms with Crippen LogP contribution in [0, 0.1) is 0 Å². The van der Waals surface area contributed by atoms with E-state index in [-0.39, 0.29) is 16.7 Å². The van der Waals surface area contributed by atoms with Crippen LogP contribution in [0.4, 0.5) is 5.69 Å². The molecule has 0 bridgehead atoms. The Morgan fingerprint density at radius 3 is 2.23 bits per heavy atom. The summed E-state index contributed by atoms with van der Waals surface area (Å²) in [5, 5.41) is 0. The molecule has 26 heavy (non-hydrogen) atoms. The molecular weight excluding hydrogens is 358 g/mol. The molecule has 2 heterocycles. The second-order valence-corrected chi connectivity index (χ2v) is 8.09. The summed E-state index contributed by atoms with van der Waals surface area (Å²) < 4.78 is 32.6. The van der Waals surface area contributed by atoms with E-state index in [1.165, 1.54) is 24.3 Å². The first-order valence-corrected chi connectivity index (χ1v) is 10.2. The van der Waals surface area contributed by atoms with Gasteiger partial charge < -0.3 is 4.74 Å². The number of ether oxygens (including phenoxy) is 1. The highest BCUT2D eigenvalue weighted by atomic mass is 32.2. The molecule has 8 nitrogen and oxygen atoms in total. The molecule has 1 N–H and O–H groups in total. The van der Waals surface area contributed by atoms with Crippen molar-refractivity contribution in [2.45, 2.75) is 24.2 Å². The zero-order valence-corrected chi connectivity index (χ0v) is 15.3. The van der Waals surface area contributed by atoms with Gasteiger partial charge in [-0.2, -0.15) is 0 Å². The molecule has 3 rings (SSSR count). The van der Waals surface area contributed by atoms with Gasteiger partial charge in [-0.3, -0.25) is 19.4 Å². The summed E-state index contributed by atoms with van der Waals surface area (Å²) in [5.41, 5.74) is 0.409. The Morgan fingerprint density at radius 1 is 1.00 bits per heavy atom. The number of sulfonamides is 1. The lowest BCUT2D eigenvalue weighted by Crippen LogP contribution is -2.41. The third kappa shape index (κ3) is 4.47. The monoisotopic (exact) mass is 381 g/mol. The van der Waals surface area contributed by atoms with Gasteiger partial charge in [0, 0.05) is 39.0 Å². The van der Waals surface area contributed by atoms with Crippen molar-refractivity contribution < 1.29 is 22.7 Å². The molecule has 1 aromatic rings. The van der Waals surface area contributed by atoms with Crippen molar-refractivity contribution in [2.24, 2.45) is 0 Å². The molecule has 0 atom stereocenters.